The fraction of sp³-hybridized carbons (Fsp3) is 0.938. The molecule has 0 saturated heterocycles. The van der Waals surface area contributed by atoms with Crippen LogP contribution < -0.4 is 10.6 Å². The molecule has 0 aromatic heterocycles. The number of hydrogen-bond donors (Lipinski definition) is 3. The number of amides is 2. The van der Waals surface area contributed by atoms with Gasteiger partial charge in [0.1, 0.15) is 0 Å². The quantitative estimate of drug-likeness (QED) is 0.742. The molecule has 0 heterocycles. The fourth-order valence-electron chi connectivity index (χ4n) is 3.67. The maximum absolute atomic E-state index is 11.8. The Morgan fingerprint density at radius 1 is 1.15 bits per heavy atom. The highest BCUT2D eigenvalue weighted by Gasteiger charge is 2.21. The van der Waals surface area contributed by atoms with Gasteiger partial charge in [-0.2, -0.15) is 0 Å². The van der Waals surface area contributed by atoms with Gasteiger partial charge in [-0.25, -0.2) is 4.79 Å². The summed E-state index contributed by atoms with van der Waals surface area (Å²) in [4.78, 5) is 11.8. The summed E-state index contributed by atoms with van der Waals surface area (Å²) < 4.78 is 0. The zero-order chi connectivity index (χ0) is 14.4. The van der Waals surface area contributed by atoms with E-state index in [2.05, 4.69) is 17.6 Å². The number of nitrogens with one attached hydrogen (secondary N) is 2. The largest absolute Gasteiger partial charge is 0.393 e. The van der Waals surface area contributed by atoms with Crippen LogP contribution in [0.15, 0.2) is 0 Å². The number of aliphatic hydroxyl groups excluding tert-OH is 1. The summed E-state index contributed by atoms with van der Waals surface area (Å²) in [5.74, 6) is 1.65. The van der Waals surface area contributed by atoms with Crippen LogP contribution in [0.5, 0.6) is 0 Å². The summed E-state index contributed by atoms with van der Waals surface area (Å²) in [6.45, 7) is 3.13. The van der Waals surface area contributed by atoms with E-state index in [1.807, 2.05) is 0 Å². The second kappa shape index (κ2) is 7.87. The van der Waals surface area contributed by atoms with Crippen molar-refractivity contribution in [2.45, 2.75) is 76.9 Å². The van der Waals surface area contributed by atoms with Crippen LogP contribution in [0.4, 0.5) is 4.79 Å². The highest BCUT2D eigenvalue weighted by atomic mass is 16.3. The van der Waals surface area contributed by atoms with E-state index in [4.69, 9.17) is 0 Å². The third kappa shape index (κ3) is 5.31. The Kier molecular flexibility index (Phi) is 6.14. The van der Waals surface area contributed by atoms with Crippen molar-refractivity contribution in [3.05, 3.63) is 0 Å². The molecule has 2 fully saturated rings. The molecule has 2 saturated carbocycles. The molecule has 0 spiro atoms. The van der Waals surface area contributed by atoms with Gasteiger partial charge < -0.3 is 15.7 Å². The monoisotopic (exact) mass is 282 g/mol. The number of aliphatic hydroxyl groups is 1. The van der Waals surface area contributed by atoms with Crippen molar-refractivity contribution in [1.29, 1.82) is 0 Å². The van der Waals surface area contributed by atoms with Crippen LogP contribution in [0, 0.1) is 11.8 Å². The number of hydrogen-bond acceptors (Lipinski definition) is 2. The molecule has 2 rings (SSSR count). The van der Waals surface area contributed by atoms with E-state index in [1.165, 1.54) is 25.7 Å². The minimum atomic E-state index is -0.163. The van der Waals surface area contributed by atoms with E-state index in [0.717, 1.165) is 50.5 Å². The number of carbonyl (C=O) groups is 1. The van der Waals surface area contributed by atoms with Crippen molar-refractivity contribution < 1.29 is 9.90 Å². The summed E-state index contributed by atoms with van der Waals surface area (Å²) in [6.07, 6.45) is 9.74. The Bertz CT molecular complexity index is 301. The van der Waals surface area contributed by atoms with E-state index in [0.29, 0.717) is 0 Å². The van der Waals surface area contributed by atoms with Crippen LogP contribution in [0.3, 0.4) is 0 Å². The van der Waals surface area contributed by atoms with Crippen molar-refractivity contribution in [3.8, 4) is 0 Å². The normalized spacial score (nSPS) is 34.5. The molecule has 2 aliphatic rings. The van der Waals surface area contributed by atoms with Gasteiger partial charge in [0.15, 0.2) is 0 Å². The minimum absolute atomic E-state index is 0.0322. The highest BCUT2D eigenvalue weighted by Crippen LogP contribution is 2.30. The average Bonchev–Trinajstić information content (AvgIpc) is 2.41. The first-order chi connectivity index (χ1) is 9.63. The summed E-state index contributed by atoms with van der Waals surface area (Å²) in [6, 6.07) is 0.211. The molecule has 0 aromatic carbocycles. The third-order valence-corrected chi connectivity index (χ3v) is 4.92. The first-order valence-corrected chi connectivity index (χ1v) is 8.36. The van der Waals surface area contributed by atoms with Crippen molar-refractivity contribution in [2.75, 3.05) is 6.54 Å². The first kappa shape index (κ1) is 15.6. The number of rotatable bonds is 4. The van der Waals surface area contributed by atoms with Gasteiger partial charge in [0.05, 0.1) is 6.10 Å². The summed E-state index contributed by atoms with van der Waals surface area (Å²) >= 11 is 0. The van der Waals surface area contributed by atoms with Crippen molar-refractivity contribution in [3.63, 3.8) is 0 Å². The van der Waals surface area contributed by atoms with E-state index in [1.54, 1.807) is 0 Å². The lowest BCUT2D eigenvalue weighted by atomic mass is 9.81. The van der Waals surface area contributed by atoms with Gasteiger partial charge in [-0.15, -0.1) is 0 Å². The lowest BCUT2D eigenvalue weighted by Gasteiger charge is -2.27. The van der Waals surface area contributed by atoms with Crippen molar-refractivity contribution >= 4 is 6.03 Å². The SMILES string of the molecule is CC1CCCC(CCNC(=O)NC2CCC(O)CC2)C1. The zero-order valence-electron chi connectivity index (χ0n) is 12.7. The summed E-state index contributed by atoms with van der Waals surface area (Å²) in [5, 5.41) is 15.5. The molecule has 4 heteroatoms. The minimum Gasteiger partial charge on any atom is -0.393 e. The predicted octanol–water partition coefficient (Wildman–Crippen LogP) is 2.81. The first-order valence-electron chi connectivity index (χ1n) is 8.36. The maximum Gasteiger partial charge on any atom is 0.315 e. The zero-order valence-corrected chi connectivity index (χ0v) is 12.7. The molecule has 0 bridgehead atoms. The molecule has 2 unspecified atom stereocenters. The van der Waals surface area contributed by atoms with Crippen molar-refractivity contribution in [2.24, 2.45) is 11.8 Å². The van der Waals surface area contributed by atoms with Crippen molar-refractivity contribution in [1.82, 2.24) is 10.6 Å². The molecule has 116 valence electrons. The van der Waals surface area contributed by atoms with Gasteiger partial charge >= 0.3 is 6.03 Å². The molecule has 0 aromatic rings. The van der Waals surface area contributed by atoms with Gasteiger partial charge in [-0.05, 0) is 50.4 Å². The molecule has 3 N–H and O–H groups in total. The third-order valence-electron chi connectivity index (χ3n) is 4.92. The average molecular weight is 282 g/mol. The van der Waals surface area contributed by atoms with Gasteiger partial charge in [0.2, 0.25) is 0 Å². The Morgan fingerprint density at radius 3 is 2.60 bits per heavy atom. The smallest absolute Gasteiger partial charge is 0.315 e. The molecule has 2 aliphatic carbocycles. The van der Waals surface area contributed by atoms with Gasteiger partial charge in [0, 0.05) is 12.6 Å². The van der Waals surface area contributed by atoms with Gasteiger partial charge in [0.25, 0.3) is 0 Å². The van der Waals surface area contributed by atoms with Crippen LogP contribution in [0.1, 0.15) is 64.7 Å². The van der Waals surface area contributed by atoms with E-state index in [9.17, 15) is 9.90 Å². The molecule has 20 heavy (non-hydrogen) atoms. The second-order valence-corrected chi connectivity index (χ2v) is 6.83. The molecule has 4 nitrogen and oxygen atoms in total. The molecule has 2 atom stereocenters. The summed E-state index contributed by atoms with van der Waals surface area (Å²) in [5.41, 5.74) is 0. The molecular weight excluding hydrogens is 252 g/mol. The molecular formula is C16H30N2O2. The fourth-order valence-corrected chi connectivity index (χ4v) is 3.67. The highest BCUT2D eigenvalue weighted by molar-refractivity contribution is 5.74. The van der Waals surface area contributed by atoms with E-state index in [-0.39, 0.29) is 18.2 Å². The lowest BCUT2D eigenvalue weighted by Crippen LogP contribution is -2.44. The Balaban J connectivity index is 1.56. The Labute approximate surface area is 122 Å². The number of carbonyl (C=O) groups excluding carboxylic acids is 1. The maximum atomic E-state index is 11.8. The molecule has 0 radical (unpaired) electrons. The van der Waals surface area contributed by atoms with E-state index < -0.39 is 0 Å². The molecule has 0 aliphatic heterocycles. The summed E-state index contributed by atoms with van der Waals surface area (Å²) in [7, 11) is 0. The molecule has 2 amide bonds. The standard InChI is InChI=1S/C16H30N2O2/c1-12-3-2-4-13(11-12)9-10-17-16(20)18-14-5-7-15(19)8-6-14/h12-15,19H,2-11H2,1H3,(H2,17,18,20). The van der Waals surface area contributed by atoms with Gasteiger partial charge in [-0.1, -0.05) is 26.2 Å². The van der Waals surface area contributed by atoms with Gasteiger partial charge in [-0.3, -0.25) is 0 Å². The van der Waals surface area contributed by atoms with Crippen LogP contribution in [0.2, 0.25) is 0 Å². The van der Waals surface area contributed by atoms with E-state index >= 15 is 0 Å². The topological polar surface area (TPSA) is 61.4 Å². The van der Waals surface area contributed by atoms with Crippen LogP contribution >= 0.6 is 0 Å². The predicted molar refractivity (Wildman–Crippen MR) is 80.5 cm³/mol. The Hall–Kier alpha value is -0.770. The number of urea groups is 1. The Morgan fingerprint density at radius 2 is 1.90 bits per heavy atom. The van der Waals surface area contributed by atoms with Crippen LogP contribution in [0.25, 0.3) is 0 Å². The second-order valence-electron chi connectivity index (χ2n) is 6.83. The lowest BCUT2D eigenvalue weighted by molar-refractivity contribution is 0.117. The van der Waals surface area contributed by atoms with Crippen LogP contribution in [-0.2, 0) is 0 Å². The van der Waals surface area contributed by atoms with Crippen LogP contribution in [-0.4, -0.2) is 29.8 Å².